The van der Waals surface area contributed by atoms with Crippen molar-refractivity contribution in [2.75, 3.05) is 0 Å². The molecule has 0 amide bonds. The fourth-order valence-corrected chi connectivity index (χ4v) is 2.09. The van der Waals surface area contributed by atoms with E-state index >= 15 is 0 Å². The van der Waals surface area contributed by atoms with Crippen LogP contribution < -0.4 is 10.9 Å². The van der Waals surface area contributed by atoms with Crippen LogP contribution in [0.25, 0.3) is 0 Å². The Morgan fingerprint density at radius 3 is 2.58 bits per heavy atom. The molecule has 0 saturated heterocycles. The van der Waals surface area contributed by atoms with Crippen LogP contribution in [-0.2, 0) is 6.54 Å². The van der Waals surface area contributed by atoms with Gasteiger partial charge in [0.05, 0.1) is 0 Å². The fourth-order valence-electron chi connectivity index (χ4n) is 1.07. The summed E-state index contributed by atoms with van der Waals surface area (Å²) in [7, 11) is -2.64. The molecule has 0 aliphatic carbocycles. The molecule has 0 spiro atoms. The van der Waals surface area contributed by atoms with Crippen molar-refractivity contribution in [2.45, 2.75) is 19.6 Å². The molecule has 1 rings (SSSR count). The Bertz CT molecular complexity index is 267. The van der Waals surface area contributed by atoms with Crippen LogP contribution in [0.2, 0.25) is 13.1 Å². The van der Waals surface area contributed by atoms with E-state index in [1.54, 1.807) is 13.1 Å². The van der Waals surface area contributed by atoms with E-state index in [-0.39, 0.29) is 0 Å². The molecule has 0 aliphatic heterocycles. The second-order valence-corrected chi connectivity index (χ2v) is 6.90. The third-order valence-electron chi connectivity index (χ3n) is 1.85. The van der Waals surface area contributed by atoms with Crippen LogP contribution in [-0.4, -0.2) is 8.41 Å². The molecule has 0 radical (unpaired) electrons. The molecular formula is C9H14FNSi. The summed E-state index contributed by atoms with van der Waals surface area (Å²) in [6.45, 7) is 3.85. The Hall–Kier alpha value is -0.673. The number of halogens is 1. The Morgan fingerprint density at radius 1 is 1.42 bits per heavy atom. The fraction of sp³-hybridized carbons (Fsp3) is 0.333. The maximum Gasteiger partial charge on any atom is 0.271 e. The lowest BCUT2D eigenvalue weighted by Crippen LogP contribution is -2.36. The predicted octanol–water partition coefficient (Wildman–Crippen LogP) is 1.53. The summed E-state index contributed by atoms with van der Waals surface area (Å²) in [5, 5.41) is 0.824. The van der Waals surface area contributed by atoms with Gasteiger partial charge in [-0.3, -0.25) is 0 Å². The van der Waals surface area contributed by atoms with Crippen molar-refractivity contribution < 1.29 is 4.11 Å². The second-order valence-electron chi connectivity index (χ2n) is 3.38. The SMILES string of the molecule is C[Si](C)(F)c1cccc(CN)c1. The Morgan fingerprint density at radius 2 is 2.08 bits per heavy atom. The standard InChI is InChI=1S/C9H14FNSi/c1-12(2,10)9-5-3-4-8(6-9)7-11/h3-6H,7,11H2,1-2H3. The summed E-state index contributed by atoms with van der Waals surface area (Å²) in [5.74, 6) is 0. The van der Waals surface area contributed by atoms with Crippen LogP contribution in [0.1, 0.15) is 5.56 Å². The van der Waals surface area contributed by atoms with Crippen LogP contribution in [0.15, 0.2) is 24.3 Å². The van der Waals surface area contributed by atoms with E-state index < -0.39 is 8.41 Å². The molecule has 1 aromatic rings. The Balaban J connectivity index is 3.02. The minimum Gasteiger partial charge on any atom is -0.326 e. The monoisotopic (exact) mass is 183 g/mol. The maximum atomic E-state index is 13.5. The summed E-state index contributed by atoms with van der Waals surface area (Å²) in [5.41, 5.74) is 6.46. The van der Waals surface area contributed by atoms with E-state index in [0.29, 0.717) is 6.54 Å². The van der Waals surface area contributed by atoms with Crippen molar-refractivity contribution in [2.24, 2.45) is 5.73 Å². The summed E-state index contributed by atoms with van der Waals surface area (Å²) < 4.78 is 13.5. The van der Waals surface area contributed by atoms with Crippen molar-refractivity contribution in [3.63, 3.8) is 0 Å². The molecule has 0 aromatic heterocycles. The molecule has 12 heavy (non-hydrogen) atoms. The first-order valence-corrected chi connectivity index (χ1v) is 6.90. The quantitative estimate of drug-likeness (QED) is 0.546. The van der Waals surface area contributed by atoms with E-state index in [9.17, 15) is 4.11 Å². The van der Waals surface area contributed by atoms with Crippen LogP contribution >= 0.6 is 0 Å². The molecule has 0 atom stereocenters. The van der Waals surface area contributed by atoms with Crippen molar-refractivity contribution in [3.05, 3.63) is 29.8 Å². The zero-order chi connectivity index (χ0) is 9.19. The van der Waals surface area contributed by atoms with E-state index in [4.69, 9.17) is 5.73 Å². The van der Waals surface area contributed by atoms with Gasteiger partial charge in [0, 0.05) is 6.54 Å². The van der Waals surface area contributed by atoms with Gasteiger partial charge in [0.15, 0.2) is 0 Å². The van der Waals surface area contributed by atoms with Gasteiger partial charge < -0.3 is 9.84 Å². The molecular weight excluding hydrogens is 169 g/mol. The molecule has 66 valence electrons. The molecule has 0 saturated carbocycles. The maximum absolute atomic E-state index is 13.5. The topological polar surface area (TPSA) is 26.0 Å². The summed E-state index contributed by atoms with van der Waals surface area (Å²) in [4.78, 5) is 0. The molecule has 1 nitrogen and oxygen atoms in total. The number of benzene rings is 1. The molecule has 0 aliphatic rings. The van der Waals surface area contributed by atoms with Gasteiger partial charge in [0.25, 0.3) is 8.41 Å². The lowest BCUT2D eigenvalue weighted by Gasteiger charge is -2.11. The summed E-state index contributed by atoms with van der Waals surface area (Å²) in [6.07, 6.45) is 0. The third kappa shape index (κ3) is 2.15. The van der Waals surface area contributed by atoms with Crippen LogP contribution in [0.3, 0.4) is 0 Å². The summed E-state index contributed by atoms with van der Waals surface area (Å²) in [6, 6.07) is 7.49. The second kappa shape index (κ2) is 3.37. The highest BCUT2D eigenvalue weighted by Crippen LogP contribution is 2.05. The minimum atomic E-state index is -2.64. The molecule has 0 unspecified atom stereocenters. The Kier molecular flexibility index (Phi) is 2.64. The highest BCUT2D eigenvalue weighted by atomic mass is 28.4. The largest absolute Gasteiger partial charge is 0.326 e. The van der Waals surface area contributed by atoms with Gasteiger partial charge in [-0.25, -0.2) is 0 Å². The average molecular weight is 183 g/mol. The minimum absolute atomic E-state index is 0.484. The molecule has 0 fully saturated rings. The van der Waals surface area contributed by atoms with Crippen LogP contribution in [0.4, 0.5) is 4.11 Å². The van der Waals surface area contributed by atoms with Crippen LogP contribution in [0.5, 0.6) is 0 Å². The van der Waals surface area contributed by atoms with Crippen molar-refractivity contribution in [3.8, 4) is 0 Å². The van der Waals surface area contributed by atoms with Gasteiger partial charge >= 0.3 is 0 Å². The van der Waals surface area contributed by atoms with Crippen molar-refractivity contribution in [1.82, 2.24) is 0 Å². The molecule has 0 heterocycles. The number of rotatable bonds is 2. The number of hydrogen-bond acceptors (Lipinski definition) is 1. The predicted molar refractivity (Wildman–Crippen MR) is 52.6 cm³/mol. The lowest BCUT2D eigenvalue weighted by atomic mass is 10.2. The summed E-state index contributed by atoms with van der Waals surface area (Å²) >= 11 is 0. The van der Waals surface area contributed by atoms with E-state index in [0.717, 1.165) is 10.8 Å². The van der Waals surface area contributed by atoms with Gasteiger partial charge in [-0.05, 0) is 23.8 Å². The number of hydrogen-bond donors (Lipinski definition) is 1. The molecule has 2 N–H and O–H groups in total. The number of nitrogens with two attached hydrogens (primary N) is 1. The third-order valence-corrected chi connectivity index (χ3v) is 3.53. The highest BCUT2D eigenvalue weighted by Gasteiger charge is 2.22. The van der Waals surface area contributed by atoms with Crippen LogP contribution in [0, 0.1) is 0 Å². The lowest BCUT2D eigenvalue weighted by molar-refractivity contribution is 0.821. The van der Waals surface area contributed by atoms with Gasteiger partial charge in [-0.2, -0.15) is 0 Å². The first kappa shape index (κ1) is 9.42. The van der Waals surface area contributed by atoms with Gasteiger partial charge in [0.2, 0.25) is 0 Å². The molecule has 0 bridgehead atoms. The van der Waals surface area contributed by atoms with E-state index in [2.05, 4.69) is 0 Å². The Labute approximate surface area is 73.6 Å². The zero-order valence-corrected chi connectivity index (χ0v) is 8.47. The average Bonchev–Trinajstić information content (AvgIpc) is 2.03. The van der Waals surface area contributed by atoms with E-state index in [1.165, 1.54) is 0 Å². The first-order chi connectivity index (χ1) is 5.54. The van der Waals surface area contributed by atoms with Crippen molar-refractivity contribution >= 4 is 13.6 Å². The highest BCUT2D eigenvalue weighted by molar-refractivity contribution is 6.83. The van der Waals surface area contributed by atoms with Gasteiger partial charge in [0.1, 0.15) is 0 Å². The zero-order valence-electron chi connectivity index (χ0n) is 7.47. The normalized spacial score (nSPS) is 11.7. The first-order valence-electron chi connectivity index (χ1n) is 4.02. The van der Waals surface area contributed by atoms with Gasteiger partial charge in [-0.1, -0.05) is 24.3 Å². The van der Waals surface area contributed by atoms with E-state index in [1.807, 2.05) is 24.3 Å². The van der Waals surface area contributed by atoms with Crippen molar-refractivity contribution in [1.29, 1.82) is 0 Å². The van der Waals surface area contributed by atoms with Gasteiger partial charge in [-0.15, -0.1) is 0 Å². The smallest absolute Gasteiger partial charge is 0.271 e. The molecule has 3 heteroatoms. The molecule has 1 aromatic carbocycles.